The second kappa shape index (κ2) is 6.49. The number of rotatable bonds is 4. The molecule has 0 bridgehead atoms. The lowest BCUT2D eigenvalue weighted by Crippen LogP contribution is -2.49. The lowest BCUT2D eigenvalue weighted by atomic mass is 10.1. The zero-order valence-electron chi connectivity index (χ0n) is 10.5. The molecule has 4 N–H and O–H groups in total. The van der Waals surface area contributed by atoms with Crippen molar-refractivity contribution in [2.24, 2.45) is 16.6 Å². The Hall–Kier alpha value is -0.430. The molecule has 0 aliphatic carbocycles. The molecule has 0 saturated heterocycles. The molecule has 0 spiro atoms. The van der Waals surface area contributed by atoms with Gasteiger partial charge in [0.2, 0.25) is 5.12 Å². The number of thioether (sulfide) groups is 1. The number of nitrogens with zero attached hydrogens (tertiary/aromatic N) is 1. The first-order chi connectivity index (χ1) is 7.91. The Morgan fingerprint density at radius 1 is 1.71 bits per heavy atom. The lowest BCUT2D eigenvalue weighted by Gasteiger charge is -2.26. The van der Waals surface area contributed by atoms with Gasteiger partial charge in [0, 0.05) is 11.5 Å². The Balaban J connectivity index is 2.43. The third-order valence-electron chi connectivity index (χ3n) is 2.79. The van der Waals surface area contributed by atoms with Gasteiger partial charge in [0.05, 0.1) is 18.6 Å². The molecule has 0 radical (unpaired) electrons. The maximum Gasteiger partial charge on any atom is 0.205 e. The molecule has 1 aliphatic heterocycles. The molecule has 0 aromatic rings. The van der Waals surface area contributed by atoms with Gasteiger partial charge >= 0.3 is 0 Å². The highest BCUT2D eigenvalue weighted by Crippen LogP contribution is 2.14. The van der Waals surface area contributed by atoms with Crippen molar-refractivity contribution in [1.82, 2.24) is 5.32 Å². The summed E-state index contributed by atoms with van der Waals surface area (Å²) in [4.78, 5) is 15.9. The maximum absolute atomic E-state index is 11.7. The molecule has 0 amide bonds. The van der Waals surface area contributed by atoms with E-state index < -0.39 is 12.3 Å². The average molecular weight is 259 g/mol. The van der Waals surface area contributed by atoms with E-state index in [1.807, 2.05) is 20.8 Å². The van der Waals surface area contributed by atoms with Gasteiger partial charge in [-0.1, -0.05) is 25.6 Å². The SMILES string of the molecule is CC1=NCC(O)NC1CSC(=O)C(N)C(C)C. The molecule has 1 heterocycles. The summed E-state index contributed by atoms with van der Waals surface area (Å²) in [6.07, 6.45) is -0.613. The zero-order valence-corrected chi connectivity index (χ0v) is 11.3. The Morgan fingerprint density at radius 2 is 2.35 bits per heavy atom. The fourth-order valence-electron chi connectivity index (χ4n) is 1.45. The normalized spacial score (nSPS) is 26.8. The second-order valence-corrected chi connectivity index (χ2v) is 5.64. The van der Waals surface area contributed by atoms with Crippen LogP contribution in [0.15, 0.2) is 4.99 Å². The number of hydrogen-bond donors (Lipinski definition) is 3. The smallest absolute Gasteiger partial charge is 0.205 e. The van der Waals surface area contributed by atoms with Crippen molar-refractivity contribution in [3.8, 4) is 0 Å². The molecule has 0 saturated carbocycles. The lowest BCUT2D eigenvalue weighted by molar-refractivity contribution is -0.112. The Labute approximate surface area is 106 Å². The first kappa shape index (κ1) is 14.6. The maximum atomic E-state index is 11.7. The van der Waals surface area contributed by atoms with Gasteiger partial charge in [0.1, 0.15) is 6.23 Å². The number of aliphatic imine (C=N–C) groups is 1. The molecule has 17 heavy (non-hydrogen) atoms. The van der Waals surface area contributed by atoms with E-state index in [4.69, 9.17) is 5.73 Å². The standard InChI is InChI=1S/C11H21N3O2S/c1-6(2)10(12)11(16)17-5-8-7(3)13-4-9(15)14-8/h6,8-10,14-15H,4-5,12H2,1-3H3. The van der Waals surface area contributed by atoms with Crippen LogP contribution in [0.4, 0.5) is 0 Å². The monoisotopic (exact) mass is 259 g/mol. The summed E-state index contributed by atoms with van der Waals surface area (Å²) >= 11 is 1.21. The van der Waals surface area contributed by atoms with Gasteiger partial charge in [0.25, 0.3) is 0 Å². The highest BCUT2D eigenvalue weighted by Gasteiger charge is 2.24. The third kappa shape index (κ3) is 4.39. The van der Waals surface area contributed by atoms with Crippen LogP contribution in [0.2, 0.25) is 0 Å². The van der Waals surface area contributed by atoms with Crippen LogP contribution in [0.5, 0.6) is 0 Å². The molecule has 98 valence electrons. The first-order valence-electron chi connectivity index (χ1n) is 5.79. The van der Waals surface area contributed by atoms with Crippen LogP contribution in [-0.2, 0) is 4.79 Å². The fourth-order valence-corrected chi connectivity index (χ4v) is 2.58. The van der Waals surface area contributed by atoms with Crippen molar-refractivity contribution in [3.63, 3.8) is 0 Å². The number of nitrogens with one attached hydrogen (secondary N) is 1. The van der Waals surface area contributed by atoms with Gasteiger partial charge in [-0.15, -0.1) is 0 Å². The van der Waals surface area contributed by atoms with Crippen molar-refractivity contribution in [2.75, 3.05) is 12.3 Å². The number of aliphatic hydroxyl groups excluding tert-OH is 1. The summed E-state index contributed by atoms with van der Waals surface area (Å²) in [5, 5.41) is 12.4. The van der Waals surface area contributed by atoms with Gasteiger partial charge in [-0.25, -0.2) is 0 Å². The van der Waals surface area contributed by atoms with Crippen LogP contribution >= 0.6 is 11.8 Å². The summed E-state index contributed by atoms with van der Waals surface area (Å²) in [6.45, 7) is 6.14. The largest absolute Gasteiger partial charge is 0.377 e. The van der Waals surface area contributed by atoms with Crippen molar-refractivity contribution in [2.45, 2.75) is 39.1 Å². The fraction of sp³-hybridized carbons (Fsp3) is 0.818. The minimum absolute atomic E-state index is 0.00494. The minimum Gasteiger partial charge on any atom is -0.377 e. The molecular formula is C11H21N3O2S. The summed E-state index contributed by atoms with van der Waals surface area (Å²) in [7, 11) is 0. The predicted molar refractivity (Wildman–Crippen MR) is 71.2 cm³/mol. The topological polar surface area (TPSA) is 87.7 Å². The van der Waals surface area contributed by atoms with Crippen molar-refractivity contribution < 1.29 is 9.90 Å². The summed E-state index contributed by atoms with van der Waals surface area (Å²) in [5.74, 6) is 0.709. The number of carbonyl (C=O) groups is 1. The van der Waals surface area contributed by atoms with E-state index in [2.05, 4.69) is 10.3 Å². The molecule has 3 atom stereocenters. The van der Waals surface area contributed by atoms with Crippen molar-refractivity contribution >= 4 is 22.6 Å². The molecule has 5 nitrogen and oxygen atoms in total. The van der Waals surface area contributed by atoms with E-state index in [1.165, 1.54) is 11.8 Å². The molecule has 0 aromatic heterocycles. The number of carbonyl (C=O) groups excluding carboxylic acids is 1. The molecule has 0 fully saturated rings. The van der Waals surface area contributed by atoms with E-state index in [9.17, 15) is 9.90 Å². The molecule has 1 aliphatic rings. The zero-order chi connectivity index (χ0) is 13.0. The quantitative estimate of drug-likeness (QED) is 0.660. The number of nitrogens with two attached hydrogens (primary N) is 1. The Bertz CT molecular complexity index is 307. The van der Waals surface area contributed by atoms with Crippen molar-refractivity contribution in [3.05, 3.63) is 0 Å². The first-order valence-corrected chi connectivity index (χ1v) is 6.77. The Kier molecular flexibility index (Phi) is 5.58. The predicted octanol–water partition coefficient (Wildman–Crippen LogP) is -0.0194. The molecule has 0 aromatic carbocycles. The van der Waals surface area contributed by atoms with Gasteiger partial charge in [-0.3, -0.25) is 15.1 Å². The van der Waals surface area contributed by atoms with E-state index in [0.717, 1.165) is 5.71 Å². The summed E-state index contributed by atoms with van der Waals surface area (Å²) < 4.78 is 0. The van der Waals surface area contributed by atoms with Crippen molar-refractivity contribution in [1.29, 1.82) is 0 Å². The highest BCUT2D eigenvalue weighted by atomic mass is 32.2. The third-order valence-corrected chi connectivity index (χ3v) is 3.85. The van der Waals surface area contributed by atoms with Gasteiger partial charge in [-0.05, 0) is 12.8 Å². The molecule has 6 heteroatoms. The van der Waals surface area contributed by atoms with Crippen LogP contribution in [0.3, 0.4) is 0 Å². The van der Waals surface area contributed by atoms with Gasteiger partial charge < -0.3 is 10.8 Å². The van der Waals surface area contributed by atoms with Crippen LogP contribution in [0, 0.1) is 5.92 Å². The molecule has 1 rings (SSSR count). The summed E-state index contributed by atoms with van der Waals surface area (Å²) in [5.41, 5.74) is 6.69. The van der Waals surface area contributed by atoms with Gasteiger partial charge in [0.15, 0.2) is 0 Å². The van der Waals surface area contributed by atoms with Crippen LogP contribution in [0.1, 0.15) is 20.8 Å². The Morgan fingerprint density at radius 3 is 2.94 bits per heavy atom. The van der Waals surface area contributed by atoms with E-state index in [0.29, 0.717) is 12.3 Å². The van der Waals surface area contributed by atoms with E-state index in [-0.39, 0.29) is 17.1 Å². The van der Waals surface area contributed by atoms with Crippen LogP contribution < -0.4 is 11.1 Å². The molecular weight excluding hydrogens is 238 g/mol. The minimum atomic E-state index is -0.613. The van der Waals surface area contributed by atoms with Crippen LogP contribution in [0.25, 0.3) is 0 Å². The summed E-state index contributed by atoms with van der Waals surface area (Å²) in [6, 6.07) is -0.474. The van der Waals surface area contributed by atoms with Gasteiger partial charge in [-0.2, -0.15) is 0 Å². The number of hydrogen-bond acceptors (Lipinski definition) is 6. The highest BCUT2D eigenvalue weighted by molar-refractivity contribution is 8.13. The van der Waals surface area contributed by atoms with E-state index >= 15 is 0 Å². The average Bonchev–Trinajstić information content (AvgIpc) is 2.28. The van der Waals surface area contributed by atoms with Crippen LogP contribution in [-0.4, -0.2) is 46.5 Å². The molecule has 3 unspecified atom stereocenters. The van der Waals surface area contributed by atoms with E-state index in [1.54, 1.807) is 0 Å². The number of aliphatic hydroxyl groups is 1. The second-order valence-electron chi connectivity index (χ2n) is 4.62.